The van der Waals surface area contributed by atoms with E-state index in [1.165, 1.54) is 11.3 Å². The van der Waals surface area contributed by atoms with Crippen LogP contribution in [0.15, 0.2) is 40.2 Å². The lowest BCUT2D eigenvalue weighted by molar-refractivity contribution is -0.139. The lowest BCUT2D eigenvalue weighted by Crippen LogP contribution is -2.46. The van der Waals surface area contributed by atoms with Gasteiger partial charge < -0.3 is 29.5 Å². The van der Waals surface area contributed by atoms with Crippen LogP contribution in [0.2, 0.25) is 0 Å². The molecule has 5 rings (SSSR count). The molecule has 1 amide bonds. The first-order valence-corrected chi connectivity index (χ1v) is 14.0. The second-order valence-electron chi connectivity index (χ2n) is 10.5. The highest BCUT2D eigenvalue weighted by molar-refractivity contribution is 7.10. The number of aromatic nitrogens is 3. The van der Waals surface area contributed by atoms with E-state index >= 15 is 0 Å². The zero-order chi connectivity index (χ0) is 29.3. The fourth-order valence-corrected chi connectivity index (χ4v) is 5.93. The summed E-state index contributed by atoms with van der Waals surface area (Å²) in [5.41, 5.74) is 1.43. The van der Waals surface area contributed by atoms with Crippen LogP contribution in [0.1, 0.15) is 27.5 Å². The molecule has 2 atom stereocenters. The van der Waals surface area contributed by atoms with E-state index in [4.69, 9.17) is 4.52 Å². The number of piperidine rings is 1. The third-order valence-corrected chi connectivity index (χ3v) is 7.78. The van der Waals surface area contributed by atoms with Crippen molar-refractivity contribution < 1.29 is 26.9 Å². The lowest BCUT2D eigenvalue weighted by atomic mass is 10.0. The van der Waals surface area contributed by atoms with E-state index in [0.29, 0.717) is 41.7 Å². The highest BCUT2D eigenvalue weighted by Crippen LogP contribution is 2.35. The highest BCUT2D eigenvalue weighted by Gasteiger charge is 2.32. The highest BCUT2D eigenvalue weighted by atomic mass is 32.1. The van der Waals surface area contributed by atoms with Gasteiger partial charge in [-0.1, -0.05) is 11.2 Å². The van der Waals surface area contributed by atoms with Crippen molar-refractivity contribution in [1.29, 1.82) is 0 Å². The molecule has 1 saturated heterocycles. The van der Waals surface area contributed by atoms with Gasteiger partial charge in [0.25, 0.3) is 5.91 Å². The predicted molar refractivity (Wildman–Crippen MR) is 149 cm³/mol. The minimum atomic E-state index is -4.52. The number of fused-ring (bicyclic) bond motifs is 1. The van der Waals surface area contributed by atoms with Crippen LogP contribution < -0.4 is 10.6 Å². The summed E-state index contributed by atoms with van der Waals surface area (Å²) >= 11 is 1.47. The molecule has 1 aromatic carbocycles. The lowest BCUT2D eigenvalue weighted by Gasteiger charge is -2.33. The summed E-state index contributed by atoms with van der Waals surface area (Å²) in [6.45, 7) is 0.328. The quantitative estimate of drug-likeness (QED) is 0.271. The maximum atomic E-state index is 14.7. The van der Waals surface area contributed by atoms with Gasteiger partial charge >= 0.3 is 6.18 Å². The van der Waals surface area contributed by atoms with Gasteiger partial charge in [0.1, 0.15) is 12.7 Å². The average Bonchev–Trinajstić information content (AvgIpc) is 3.63. The Balaban J connectivity index is 1.38. The summed E-state index contributed by atoms with van der Waals surface area (Å²) in [6, 6.07) is 7.82. The Hall–Kier alpha value is -3.49. The summed E-state index contributed by atoms with van der Waals surface area (Å²) in [5, 5.41) is 12.1. The summed E-state index contributed by atoms with van der Waals surface area (Å²) < 4.78 is 62.0. The van der Waals surface area contributed by atoms with Crippen LogP contribution in [-0.4, -0.2) is 83.0 Å². The number of nitrogens with one attached hydrogen (secondary N) is 2. The molecule has 0 radical (unpaired) electrons. The molecule has 2 N–H and O–H groups in total. The SMILES string of the molecule is CN(C)Cc1cc(C(=O)NCc2nc(-c3cc4c(N[C@@H]5CCN(C)C[C@@H]5F)cccc4n3CC(F)(F)F)no2)cs1. The van der Waals surface area contributed by atoms with Crippen molar-refractivity contribution in [3.05, 3.63) is 52.0 Å². The summed E-state index contributed by atoms with van der Waals surface area (Å²) in [4.78, 5) is 21.8. The van der Waals surface area contributed by atoms with Gasteiger partial charge in [-0.05, 0) is 51.8 Å². The number of benzene rings is 1. The van der Waals surface area contributed by atoms with Crippen LogP contribution in [-0.2, 0) is 19.6 Å². The second-order valence-corrected chi connectivity index (χ2v) is 11.5. The molecular weight excluding hydrogens is 562 g/mol. The molecule has 1 aliphatic rings. The third-order valence-electron chi connectivity index (χ3n) is 6.85. The number of nitrogens with zero attached hydrogens (tertiary/aromatic N) is 5. The van der Waals surface area contributed by atoms with Crippen molar-refractivity contribution in [2.24, 2.45) is 0 Å². The fourth-order valence-electron chi connectivity index (χ4n) is 4.95. The number of carbonyl (C=O) groups excluding carboxylic acids is 1. The van der Waals surface area contributed by atoms with E-state index in [2.05, 4.69) is 20.8 Å². The maximum absolute atomic E-state index is 14.7. The fraction of sp³-hybridized carbons (Fsp3) is 0.444. The molecule has 3 aromatic heterocycles. The maximum Gasteiger partial charge on any atom is 0.406 e. The Bertz CT molecular complexity index is 1510. The standard InChI is InChI=1S/C27H31F4N7O2S/c1-36(2)12-17-9-16(14-41-17)26(39)32-11-24-34-25(35-40-24)23-10-18-20(33-21-7-8-37(3)13-19(21)28)5-4-6-22(18)38(23)15-27(29,30)31/h4-6,9-10,14,19,21,33H,7-8,11-13,15H2,1-3H3,(H,32,39)/t19-,21+/m0/s1. The van der Waals surface area contributed by atoms with E-state index in [-0.39, 0.29) is 36.4 Å². The molecule has 9 nitrogen and oxygen atoms in total. The molecule has 0 aliphatic carbocycles. The van der Waals surface area contributed by atoms with E-state index in [0.717, 1.165) is 9.44 Å². The Morgan fingerprint density at radius 3 is 2.80 bits per heavy atom. The number of halogens is 4. The van der Waals surface area contributed by atoms with Gasteiger partial charge in [0, 0.05) is 41.0 Å². The first-order chi connectivity index (χ1) is 19.5. The number of hydrogen-bond donors (Lipinski definition) is 2. The van der Waals surface area contributed by atoms with Crippen molar-refractivity contribution in [3.8, 4) is 11.5 Å². The smallest absolute Gasteiger partial charge is 0.379 e. The van der Waals surface area contributed by atoms with Gasteiger partial charge in [0.05, 0.1) is 29.4 Å². The molecule has 41 heavy (non-hydrogen) atoms. The topological polar surface area (TPSA) is 91.5 Å². The molecule has 14 heteroatoms. The molecule has 4 heterocycles. The van der Waals surface area contributed by atoms with E-state index in [1.54, 1.807) is 35.7 Å². The Morgan fingerprint density at radius 1 is 1.27 bits per heavy atom. The number of amides is 1. The predicted octanol–water partition coefficient (Wildman–Crippen LogP) is 4.76. The normalized spacial score (nSPS) is 18.3. The molecule has 1 fully saturated rings. The minimum Gasteiger partial charge on any atom is -0.379 e. The zero-order valence-corrected chi connectivity index (χ0v) is 23.7. The Morgan fingerprint density at radius 2 is 2.07 bits per heavy atom. The molecule has 1 aliphatic heterocycles. The van der Waals surface area contributed by atoms with E-state index in [1.807, 2.05) is 30.9 Å². The third kappa shape index (κ3) is 6.88. The van der Waals surface area contributed by atoms with Gasteiger partial charge in [0.15, 0.2) is 0 Å². The monoisotopic (exact) mass is 593 g/mol. The summed E-state index contributed by atoms with van der Waals surface area (Å²) in [5.74, 6) is -0.328. The van der Waals surface area contributed by atoms with Crippen molar-refractivity contribution in [3.63, 3.8) is 0 Å². The first-order valence-electron chi connectivity index (χ1n) is 13.1. The molecule has 0 unspecified atom stereocenters. The van der Waals surface area contributed by atoms with Gasteiger partial charge in [0.2, 0.25) is 11.7 Å². The first kappa shape index (κ1) is 29.0. The van der Waals surface area contributed by atoms with Crippen LogP contribution in [0.5, 0.6) is 0 Å². The number of likely N-dealkylation sites (tertiary alicyclic amines) is 1. The van der Waals surface area contributed by atoms with Crippen LogP contribution in [0.25, 0.3) is 22.4 Å². The number of hydrogen-bond acceptors (Lipinski definition) is 8. The van der Waals surface area contributed by atoms with E-state index in [9.17, 15) is 22.4 Å². The van der Waals surface area contributed by atoms with Crippen LogP contribution in [0.3, 0.4) is 0 Å². The number of anilines is 1. The van der Waals surface area contributed by atoms with Crippen molar-refractivity contribution in [2.45, 2.75) is 44.4 Å². The number of carbonyl (C=O) groups is 1. The molecule has 4 aromatic rings. The molecule has 0 saturated carbocycles. The number of alkyl halides is 4. The average molecular weight is 594 g/mol. The van der Waals surface area contributed by atoms with Crippen molar-refractivity contribution in [1.82, 2.24) is 29.8 Å². The van der Waals surface area contributed by atoms with Crippen molar-refractivity contribution >= 4 is 33.8 Å². The summed E-state index contributed by atoms with van der Waals surface area (Å²) in [7, 11) is 5.72. The number of thiophene rings is 1. The zero-order valence-electron chi connectivity index (χ0n) is 22.8. The second kappa shape index (κ2) is 11.8. The molecule has 0 bridgehead atoms. The van der Waals surface area contributed by atoms with Crippen molar-refractivity contribution in [2.75, 3.05) is 39.5 Å². The Kier molecular flexibility index (Phi) is 8.34. The largest absolute Gasteiger partial charge is 0.406 e. The van der Waals surface area contributed by atoms with Gasteiger partial charge in [-0.2, -0.15) is 18.2 Å². The van der Waals surface area contributed by atoms with Gasteiger partial charge in [-0.15, -0.1) is 11.3 Å². The minimum absolute atomic E-state index is 0.0471. The van der Waals surface area contributed by atoms with Crippen LogP contribution in [0.4, 0.5) is 23.2 Å². The van der Waals surface area contributed by atoms with Crippen LogP contribution in [0, 0.1) is 0 Å². The van der Waals surface area contributed by atoms with E-state index < -0.39 is 24.9 Å². The summed E-state index contributed by atoms with van der Waals surface area (Å²) in [6.07, 6.45) is -5.08. The Labute approximate surface area is 238 Å². The van der Waals surface area contributed by atoms with Gasteiger partial charge in [-0.3, -0.25) is 4.79 Å². The van der Waals surface area contributed by atoms with Gasteiger partial charge in [-0.25, -0.2) is 4.39 Å². The molecular formula is C27H31F4N7O2S. The van der Waals surface area contributed by atoms with Crippen LogP contribution >= 0.6 is 11.3 Å². The molecule has 0 spiro atoms. The number of rotatable bonds is 9. The molecule has 220 valence electrons.